The van der Waals surface area contributed by atoms with E-state index < -0.39 is 0 Å². The molecule has 0 atom stereocenters. The van der Waals surface area contributed by atoms with Crippen molar-refractivity contribution in [3.8, 4) is 27.9 Å². The standard InChI is InChI=1S/C35H29N/c1-22-17-28-29-20-30-27-15-8-9-16-33(27)36(26-14-10-13-25(19-26)24-11-6-5-7-12-24)34(30)21-32(29)35(3,4)31(28)18-23(22)2/h5-21H,1-4H3. The summed E-state index contributed by atoms with van der Waals surface area (Å²) < 4.78 is 2.45. The molecule has 6 aromatic rings. The summed E-state index contributed by atoms with van der Waals surface area (Å²) in [6.07, 6.45) is 0. The molecule has 1 aromatic heterocycles. The van der Waals surface area contributed by atoms with Crippen molar-refractivity contribution in [1.29, 1.82) is 0 Å². The van der Waals surface area contributed by atoms with Crippen LogP contribution in [-0.2, 0) is 5.41 Å². The van der Waals surface area contributed by atoms with Crippen molar-refractivity contribution in [2.24, 2.45) is 0 Å². The Morgan fingerprint density at radius 1 is 0.528 bits per heavy atom. The number of hydrogen-bond donors (Lipinski definition) is 0. The molecule has 1 aliphatic rings. The smallest absolute Gasteiger partial charge is 0.0544 e. The number of hydrogen-bond acceptors (Lipinski definition) is 0. The Bertz CT molecular complexity index is 1820. The number of fused-ring (bicyclic) bond motifs is 6. The van der Waals surface area contributed by atoms with Crippen LogP contribution in [0.25, 0.3) is 49.7 Å². The van der Waals surface area contributed by atoms with Gasteiger partial charge in [0.25, 0.3) is 0 Å². The van der Waals surface area contributed by atoms with E-state index in [2.05, 4.69) is 135 Å². The van der Waals surface area contributed by atoms with Gasteiger partial charge in [-0.1, -0.05) is 86.6 Å². The Morgan fingerprint density at radius 2 is 1.19 bits per heavy atom. The largest absolute Gasteiger partial charge is 0.309 e. The van der Waals surface area contributed by atoms with Gasteiger partial charge in [0, 0.05) is 21.9 Å². The molecule has 1 aliphatic carbocycles. The number of rotatable bonds is 2. The van der Waals surface area contributed by atoms with Gasteiger partial charge in [-0.2, -0.15) is 0 Å². The van der Waals surface area contributed by atoms with Crippen LogP contribution in [0.3, 0.4) is 0 Å². The highest BCUT2D eigenvalue weighted by Crippen LogP contribution is 2.51. The molecule has 5 aromatic carbocycles. The zero-order chi connectivity index (χ0) is 24.6. The van der Waals surface area contributed by atoms with E-state index in [0.29, 0.717) is 0 Å². The topological polar surface area (TPSA) is 4.93 Å². The summed E-state index contributed by atoms with van der Waals surface area (Å²) in [6.45, 7) is 9.21. The molecule has 174 valence electrons. The second-order valence-corrected chi connectivity index (χ2v) is 10.8. The first-order valence-corrected chi connectivity index (χ1v) is 12.8. The van der Waals surface area contributed by atoms with Crippen LogP contribution in [0.1, 0.15) is 36.1 Å². The molecule has 0 radical (unpaired) electrons. The zero-order valence-electron chi connectivity index (χ0n) is 21.3. The molecule has 1 heterocycles. The molecule has 36 heavy (non-hydrogen) atoms. The van der Waals surface area contributed by atoms with Crippen molar-refractivity contribution in [2.45, 2.75) is 33.1 Å². The predicted octanol–water partition coefficient (Wildman–Crippen LogP) is 9.37. The van der Waals surface area contributed by atoms with Gasteiger partial charge in [0.15, 0.2) is 0 Å². The van der Waals surface area contributed by atoms with Gasteiger partial charge in [0.2, 0.25) is 0 Å². The van der Waals surface area contributed by atoms with Crippen molar-refractivity contribution in [1.82, 2.24) is 4.57 Å². The monoisotopic (exact) mass is 463 g/mol. The fraction of sp³-hybridized carbons (Fsp3) is 0.143. The molecule has 1 nitrogen and oxygen atoms in total. The van der Waals surface area contributed by atoms with Gasteiger partial charge in [-0.3, -0.25) is 0 Å². The van der Waals surface area contributed by atoms with E-state index in [9.17, 15) is 0 Å². The van der Waals surface area contributed by atoms with E-state index in [-0.39, 0.29) is 5.41 Å². The van der Waals surface area contributed by atoms with Crippen LogP contribution >= 0.6 is 0 Å². The fourth-order valence-corrected chi connectivity index (χ4v) is 6.19. The summed E-state index contributed by atoms with van der Waals surface area (Å²) in [5.74, 6) is 0. The maximum atomic E-state index is 2.46. The highest BCUT2D eigenvalue weighted by atomic mass is 15.0. The summed E-state index contributed by atoms with van der Waals surface area (Å²) in [5, 5.41) is 2.62. The molecule has 0 fully saturated rings. The lowest BCUT2D eigenvalue weighted by atomic mass is 9.81. The lowest BCUT2D eigenvalue weighted by Gasteiger charge is -2.22. The van der Waals surface area contributed by atoms with Gasteiger partial charge in [0.1, 0.15) is 0 Å². The Labute approximate surface area is 212 Å². The number of para-hydroxylation sites is 1. The molecule has 0 N–H and O–H groups in total. The van der Waals surface area contributed by atoms with E-state index in [1.54, 1.807) is 0 Å². The van der Waals surface area contributed by atoms with Crippen LogP contribution in [-0.4, -0.2) is 4.57 Å². The minimum Gasteiger partial charge on any atom is -0.309 e. The Morgan fingerprint density at radius 3 is 2.03 bits per heavy atom. The van der Waals surface area contributed by atoms with Gasteiger partial charge >= 0.3 is 0 Å². The van der Waals surface area contributed by atoms with Gasteiger partial charge in [-0.05, 0) is 88.7 Å². The van der Waals surface area contributed by atoms with E-state index in [4.69, 9.17) is 0 Å². The maximum absolute atomic E-state index is 2.46. The van der Waals surface area contributed by atoms with E-state index in [0.717, 1.165) is 0 Å². The average Bonchev–Trinajstić information content (AvgIpc) is 3.33. The summed E-state index contributed by atoms with van der Waals surface area (Å²) >= 11 is 0. The summed E-state index contributed by atoms with van der Waals surface area (Å²) in [6, 6.07) is 38.1. The maximum Gasteiger partial charge on any atom is 0.0544 e. The Kier molecular flexibility index (Phi) is 4.39. The van der Waals surface area contributed by atoms with Crippen LogP contribution in [0.15, 0.2) is 103 Å². The minimum atomic E-state index is -0.0372. The first kappa shape index (κ1) is 21.2. The molecule has 0 bridgehead atoms. The van der Waals surface area contributed by atoms with E-state index >= 15 is 0 Å². The average molecular weight is 464 g/mol. The highest BCUT2D eigenvalue weighted by Gasteiger charge is 2.36. The van der Waals surface area contributed by atoms with Crippen molar-refractivity contribution >= 4 is 21.8 Å². The van der Waals surface area contributed by atoms with Crippen LogP contribution < -0.4 is 0 Å². The molecule has 0 amide bonds. The van der Waals surface area contributed by atoms with Crippen LogP contribution in [0.4, 0.5) is 0 Å². The molecule has 0 saturated heterocycles. The number of aryl methyl sites for hydroxylation is 2. The first-order chi connectivity index (χ1) is 17.4. The lowest BCUT2D eigenvalue weighted by Crippen LogP contribution is -2.15. The first-order valence-electron chi connectivity index (χ1n) is 12.8. The number of aromatic nitrogens is 1. The normalized spacial score (nSPS) is 13.8. The number of nitrogens with zero attached hydrogens (tertiary/aromatic N) is 1. The Hall–Kier alpha value is -4.10. The van der Waals surface area contributed by atoms with Crippen molar-refractivity contribution < 1.29 is 0 Å². The zero-order valence-corrected chi connectivity index (χ0v) is 21.3. The third-order valence-electron chi connectivity index (χ3n) is 8.29. The second kappa shape index (κ2) is 7.45. The summed E-state index contributed by atoms with van der Waals surface area (Å²) in [4.78, 5) is 0. The van der Waals surface area contributed by atoms with Crippen molar-refractivity contribution in [3.05, 3.63) is 125 Å². The van der Waals surface area contributed by atoms with E-state index in [1.807, 2.05) is 0 Å². The molecule has 1 heteroatoms. The molecular weight excluding hydrogens is 434 g/mol. The van der Waals surface area contributed by atoms with Crippen LogP contribution in [0.5, 0.6) is 0 Å². The summed E-state index contributed by atoms with van der Waals surface area (Å²) in [7, 11) is 0. The van der Waals surface area contributed by atoms with Gasteiger partial charge in [0.05, 0.1) is 11.0 Å². The van der Waals surface area contributed by atoms with E-state index in [1.165, 1.54) is 72.0 Å². The Balaban J connectivity index is 1.54. The van der Waals surface area contributed by atoms with Crippen LogP contribution in [0, 0.1) is 13.8 Å². The molecule has 0 aliphatic heterocycles. The third kappa shape index (κ3) is 2.89. The quantitative estimate of drug-likeness (QED) is 0.241. The van der Waals surface area contributed by atoms with Crippen LogP contribution in [0.2, 0.25) is 0 Å². The number of benzene rings is 5. The third-order valence-corrected chi connectivity index (χ3v) is 8.29. The van der Waals surface area contributed by atoms with Crippen molar-refractivity contribution in [3.63, 3.8) is 0 Å². The second-order valence-electron chi connectivity index (χ2n) is 10.8. The fourth-order valence-electron chi connectivity index (χ4n) is 6.19. The van der Waals surface area contributed by atoms with Gasteiger partial charge in [-0.25, -0.2) is 0 Å². The van der Waals surface area contributed by atoms with Gasteiger partial charge < -0.3 is 4.57 Å². The lowest BCUT2D eigenvalue weighted by molar-refractivity contribution is 0.660. The molecule has 0 spiro atoms. The molecular formula is C35H29N. The van der Waals surface area contributed by atoms with Crippen molar-refractivity contribution in [2.75, 3.05) is 0 Å². The molecule has 7 rings (SSSR count). The minimum absolute atomic E-state index is 0.0372. The molecule has 0 unspecified atom stereocenters. The predicted molar refractivity (Wildman–Crippen MR) is 153 cm³/mol. The summed E-state index contributed by atoms with van der Waals surface area (Å²) in [5.41, 5.74) is 14.5. The highest BCUT2D eigenvalue weighted by molar-refractivity contribution is 6.11. The SMILES string of the molecule is Cc1cc2c(cc1C)C(C)(C)c1cc3c(cc1-2)c1ccccc1n3-c1cccc(-c2ccccc2)c1. The molecule has 0 saturated carbocycles. The van der Waals surface area contributed by atoms with Gasteiger partial charge in [-0.15, -0.1) is 0 Å².